The van der Waals surface area contributed by atoms with Crippen molar-refractivity contribution in [1.82, 2.24) is 5.32 Å². The normalized spacial score (nSPS) is 14.2. The number of esters is 1. The van der Waals surface area contributed by atoms with Crippen LogP contribution in [0.5, 0.6) is 0 Å². The van der Waals surface area contributed by atoms with Gasteiger partial charge in [0.1, 0.15) is 11.6 Å². The quantitative estimate of drug-likeness (QED) is 0.553. The van der Waals surface area contributed by atoms with Crippen molar-refractivity contribution >= 4 is 12.1 Å². The second kappa shape index (κ2) is 10.8. The van der Waals surface area contributed by atoms with Crippen molar-refractivity contribution in [3.8, 4) is 0 Å². The molecular weight excluding hydrogens is 378 g/mol. The molecule has 1 rings (SSSR count). The molecule has 0 saturated carbocycles. The first-order chi connectivity index (χ1) is 13.7. The molecule has 1 amide bonds. The number of amides is 1. The number of hydrogen-bond acceptors (Lipinski definition) is 4. The number of carbonyl (C=O) groups is 2. The van der Waals surface area contributed by atoms with Gasteiger partial charge in [-0.25, -0.2) is 9.59 Å². The average Bonchev–Trinajstić information content (AvgIpc) is 2.58. The molecular formula is C25H41NO4. The first kappa shape index (κ1) is 26.0. The highest BCUT2D eigenvalue weighted by molar-refractivity contribution is 5.81. The molecule has 0 aromatic heterocycles. The fraction of sp³-hybridized carbons (Fsp3) is 0.680. The number of ether oxygens (including phenoxy) is 2. The molecule has 0 heterocycles. The lowest BCUT2D eigenvalue weighted by Gasteiger charge is -2.27. The molecule has 0 saturated heterocycles. The Labute approximate surface area is 182 Å². The number of rotatable bonds is 8. The van der Waals surface area contributed by atoms with E-state index in [1.165, 1.54) is 11.1 Å². The molecule has 0 spiro atoms. The third-order valence-electron chi connectivity index (χ3n) is 5.06. The van der Waals surface area contributed by atoms with E-state index in [1.54, 1.807) is 27.7 Å². The predicted molar refractivity (Wildman–Crippen MR) is 122 cm³/mol. The Kier molecular flexibility index (Phi) is 9.38. The van der Waals surface area contributed by atoms with Crippen LogP contribution < -0.4 is 5.32 Å². The fourth-order valence-corrected chi connectivity index (χ4v) is 3.24. The number of alkyl carbamates (subject to hydrolysis) is 1. The third kappa shape index (κ3) is 9.19. The van der Waals surface area contributed by atoms with E-state index < -0.39 is 23.7 Å². The first-order valence-electron chi connectivity index (χ1n) is 11.0. The molecule has 0 fully saturated rings. The van der Waals surface area contributed by atoms with E-state index in [-0.39, 0.29) is 17.9 Å². The zero-order chi connectivity index (χ0) is 23.1. The Morgan fingerprint density at radius 1 is 1.00 bits per heavy atom. The van der Waals surface area contributed by atoms with Gasteiger partial charge in [-0.15, -0.1) is 0 Å². The Balaban J connectivity index is 2.95. The standard InChI is InChI=1S/C25H41NO4/c1-10-29-22(27)21(26-23(28)30-25(7,8)9)16-19(17(2)3)15-18-11-13-20(14-12-18)24(4,5)6/h11-14,17,19,21H,10,15-16H2,1-9H3,(H,26,28)/t19-,21-/m0/s1. The smallest absolute Gasteiger partial charge is 0.408 e. The van der Waals surface area contributed by atoms with Gasteiger partial charge < -0.3 is 14.8 Å². The van der Waals surface area contributed by atoms with Gasteiger partial charge in [0.25, 0.3) is 0 Å². The van der Waals surface area contributed by atoms with E-state index in [0.29, 0.717) is 12.3 Å². The molecule has 5 nitrogen and oxygen atoms in total. The first-order valence-corrected chi connectivity index (χ1v) is 11.0. The molecule has 170 valence electrons. The molecule has 2 atom stereocenters. The van der Waals surface area contributed by atoms with Crippen LogP contribution in [-0.4, -0.2) is 30.3 Å². The summed E-state index contributed by atoms with van der Waals surface area (Å²) in [5.74, 6) is 0.122. The van der Waals surface area contributed by atoms with Crippen molar-refractivity contribution in [3.63, 3.8) is 0 Å². The van der Waals surface area contributed by atoms with Crippen molar-refractivity contribution < 1.29 is 19.1 Å². The summed E-state index contributed by atoms with van der Waals surface area (Å²) in [7, 11) is 0. The average molecular weight is 420 g/mol. The van der Waals surface area contributed by atoms with E-state index >= 15 is 0 Å². The van der Waals surface area contributed by atoms with Gasteiger partial charge in [0, 0.05) is 0 Å². The van der Waals surface area contributed by atoms with Gasteiger partial charge in [-0.05, 0) is 68.9 Å². The summed E-state index contributed by atoms with van der Waals surface area (Å²) in [5.41, 5.74) is 2.00. The van der Waals surface area contributed by atoms with Gasteiger partial charge in [-0.2, -0.15) is 0 Å². The molecule has 0 aliphatic carbocycles. The van der Waals surface area contributed by atoms with Crippen LogP contribution in [0.4, 0.5) is 4.79 Å². The summed E-state index contributed by atoms with van der Waals surface area (Å²) in [5, 5.41) is 2.72. The minimum atomic E-state index is -0.735. The molecule has 0 radical (unpaired) electrons. The molecule has 0 aliphatic rings. The highest BCUT2D eigenvalue weighted by Gasteiger charge is 2.29. The van der Waals surface area contributed by atoms with Crippen LogP contribution in [0.25, 0.3) is 0 Å². The van der Waals surface area contributed by atoms with Crippen molar-refractivity contribution in [3.05, 3.63) is 35.4 Å². The summed E-state index contributed by atoms with van der Waals surface area (Å²) in [6.07, 6.45) is 0.725. The number of carbonyl (C=O) groups excluding carboxylic acids is 2. The highest BCUT2D eigenvalue weighted by atomic mass is 16.6. The van der Waals surface area contributed by atoms with Crippen LogP contribution in [0.3, 0.4) is 0 Å². The molecule has 30 heavy (non-hydrogen) atoms. The molecule has 1 N–H and O–H groups in total. The van der Waals surface area contributed by atoms with Crippen LogP contribution in [0.15, 0.2) is 24.3 Å². The zero-order valence-corrected chi connectivity index (χ0v) is 20.3. The monoisotopic (exact) mass is 419 g/mol. The largest absolute Gasteiger partial charge is 0.464 e. The van der Waals surface area contributed by atoms with Gasteiger partial charge in [0.2, 0.25) is 0 Å². The van der Waals surface area contributed by atoms with E-state index in [1.807, 2.05) is 0 Å². The van der Waals surface area contributed by atoms with Gasteiger partial charge in [0.05, 0.1) is 6.61 Å². The number of benzene rings is 1. The third-order valence-corrected chi connectivity index (χ3v) is 5.06. The van der Waals surface area contributed by atoms with E-state index in [4.69, 9.17) is 9.47 Å². The van der Waals surface area contributed by atoms with E-state index in [0.717, 1.165) is 6.42 Å². The maximum atomic E-state index is 12.5. The Morgan fingerprint density at radius 2 is 1.57 bits per heavy atom. The topological polar surface area (TPSA) is 64.6 Å². The minimum Gasteiger partial charge on any atom is -0.464 e. The fourth-order valence-electron chi connectivity index (χ4n) is 3.24. The van der Waals surface area contributed by atoms with Gasteiger partial charge in [-0.1, -0.05) is 58.9 Å². The van der Waals surface area contributed by atoms with Crippen molar-refractivity contribution in [2.45, 2.75) is 92.2 Å². The van der Waals surface area contributed by atoms with Crippen LogP contribution in [-0.2, 0) is 26.1 Å². The van der Waals surface area contributed by atoms with Crippen LogP contribution in [0.2, 0.25) is 0 Å². The zero-order valence-electron chi connectivity index (χ0n) is 20.3. The lowest BCUT2D eigenvalue weighted by molar-refractivity contribution is -0.146. The second-order valence-corrected chi connectivity index (χ2v) is 10.3. The van der Waals surface area contributed by atoms with Crippen LogP contribution >= 0.6 is 0 Å². The molecule has 1 aromatic rings. The minimum absolute atomic E-state index is 0.113. The summed E-state index contributed by atoms with van der Waals surface area (Å²) in [4.78, 5) is 24.8. The number of hydrogen-bond donors (Lipinski definition) is 1. The van der Waals surface area contributed by atoms with E-state index in [2.05, 4.69) is 64.2 Å². The van der Waals surface area contributed by atoms with E-state index in [9.17, 15) is 9.59 Å². The second-order valence-electron chi connectivity index (χ2n) is 10.3. The Bertz CT molecular complexity index is 681. The summed E-state index contributed by atoms with van der Waals surface area (Å²) in [6.45, 7) is 18.3. The van der Waals surface area contributed by atoms with Crippen LogP contribution in [0, 0.1) is 11.8 Å². The maximum absolute atomic E-state index is 12.5. The summed E-state index contributed by atoms with van der Waals surface area (Å²) in [6, 6.07) is 7.94. The lowest BCUT2D eigenvalue weighted by Crippen LogP contribution is -2.45. The molecule has 5 heteroatoms. The SMILES string of the molecule is CCOC(=O)[C@H](C[C@H](Cc1ccc(C(C)(C)C)cc1)C(C)C)NC(=O)OC(C)(C)C. The van der Waals surface area contributed by atoms with Crippen molar-refractivity contribution in [2.24, 2.45) is 11.8 Å². The molecule has 1 aromatic carbocycles. The Hall–Kier alpha value is -2.04. The number of nitrogens with one attached hydrogen (secondary N) is 1. The Morgan fingerprint density at radius 3 is 2.00 bits per heavy atom. The lowest BCUT2D eigenvalue weighted by atomic mass is 9.82. The molecule has 0 unspecified atom stereocenters. The van der Waals surface area contributed by atoms with Gasteiger partial charge in [0.15, 0.2) is 0 Å². The molecule has 0 aliphatic heterocycles. The predicted octanol–water partition coefficient (Wildman–Crippen LogP) is 5.65. The van der Waals surface area contributed by atoms with Crippen molar-refractivity contribution in [1.29, 1.82) is 0 Å². The molecule has 0 bridgehead atoms. The highest BCUT2D eigenvalue weighted by Crippen LogP contribution is 2.26. The summed E-state index contributed by atoms with van der Waals surface area (Å²) >= 11 is 0. The van der Waals surface area contributed by atoms with Gasteiger partial charge >= 0.3 is 12.1 Å². The summed E-state index contributed by atoms with van der Waals surface area (Å²) < 4.78 is 10.6. The maximum Gasteiger partial charge on any atom is 0.408 e. The van der Waals surface area contributed by atoms with Crippen molar-refractivity contribution in [2.75, 3.05) is 6.61 Å². The van der Waals surface area contributed by atoms with Gasteiger partial charge in [-0.3, -0.25) is 0 Å². The van der Waals surface area contributed by atoms with Crippen LogP contribution in [0.1, 0.15) is 79.9 Å².